The molecule has 3 heteroatoms. The number of hydrogen-bond acceptors (Lipinski definition) is 3. The minimum absolute atomic E-state index is 0.0482. The van der Waals surface area contributed by atoms with Gasteiger partial charge in [0.15, 0.2) is 5.78 Å². The van der Waals surface area contributed by atoms with Gasteiger partial charge in [-0.15, -0.1) is 0 Å². The van der Waals surface area contributed by atoms with Crippen molar-refractivity contribution in [2.75, 3.05) is 7.11 Å². The van der Waals surface area contributed by atoms with E-state index in [4.69, 9.17) is 4.74 Å². The molecule has 0 unspecified atom stereocenters. The van der Waals surface area contributed by atoms with Crippen LogP contribution in [0.25, 0.3) is 0 Å². The molecule has 0 aromatic carbocycles. The summed E-state index contributed by atoms with van der Waals surface area (Å²) in [5.74, 6) is 0.966. The van der Waals surface area contributed by atoms with Gasteiger partial charge in [-0.05, 0) is 86.0 Å². The maximum Gasteiger partial charge on any atom is 0.311 e. The summed E-state index contributed by atoms with van der Waals surface area (Å²) in [6.07, 6.45) is 16.5. The molecule has 7 atom stereocenters. The van der Waals surface area contributed by atoms with Crippen LogP contribution in [0.1, 0.15) is 93.4 Å². The molecule has 0 heterocycles. The topological polar surface area (TPSA) is 43.4 Å². The summed E-state index contributed by atoms with van der Waals surface area (Å²) >= 11 is 0. The molecular weight excluding hydrogens is 420 g/mol. The van der Waals surface area contributed by atoms with Crippen molar-refractivity contribution in [2.24, 2.45) is 44.3 Å². The summed E-state index contributed by atoms with van der Waals surface area (Å²) in [5.41, 5.74) is 2.65. The Hall–Kier alpha value is -1.64. The molecule has 0 bridgehead atoms. The second-order valence-corrected chi connectivity index (χ2v) is 14.1. The van der Waals surface area contributed by atoms with Crippen molar-refractivity contribution in [3.63, 3.8) is 0 Å². The zero-order chi connectivity index (χ0) is 24.9. The van der Waals surface area contributed by atoms with Gasteiger partial charge in [-0.2, -0.15) is 0 Å². The number of carbonyl (C=O) groups excluding carboxylic acids is 2. The lowest BCUT2D eigenvalue weighted by Crippen LogP contribution is -2.59. The van der Waals surface area contributed by atoms with Crippen molar-refractivity contribution in [3.05, 3.63) is 35.5 Å². The molecule has 0 aliphatic heterocycles. The monoisotopic (exact) mass is 464 g/mol. The molecule has 0 saturated heterocycles. The lowest BCUT2D eigenvalue weighted by atomic mass is 9.37. The smallest absolute Gasteiger partial charge is 0.311 e. The molecule has 34 heavy (non-hydrogen) atoms. The average Bonchev–Trinajstić information content (AvgIpc) is 2.77. The third kappa shape index (κ3) is 2.76. The molecule has 0 aromatic heterocycles. The number of fused-ring (bicyclic) bond motifs is 7. The predicted octanol–water partition coefficient (Wildman–Crippen LogP) is 7.23. The van der Waals surface area contributed by atoms with Crippen LogP contribution >= 0.6 is 0 Å². The Morgan fingerprint density at radius 2 is 1.59 bits per heavy atom. The summed E-state index contributed by atoms with van der Waals surface area (Å²) in [4.78, 5) is 25.6. The van der Waals surface area contributed by atoms with Crippen LogP contribution in [0, 0.1) is 44.3 Å². The van der Waals surface area contributed by atoms with Crippen molar-refractivity contribution < 1.29 is 14.3 Å². The molecular formula is C31H44O3. The van der Waals surface area contributed by atoms with Gasteiger partial charge < -0.3 is 4.74 Å². The van der Waals surface area contributed by atoms with Gasteiger partial charge in [0.1, 0.15) is 0 Å². The first-order chi connectivity index (χ1) is 15.7. The second-order valence-electron chi connectivity index (χ2n) is 14.1. The van der Waals surface area contributed by atoms with Crippen LogP contribution in [-0.4, -0.2) is 18.9 Å². The molecule has 5 rings (SSSR count). The number of ketones is 1. The van der Waals surface area contributed by atoms with Gasteiger partial charge >= 0.3 is 5.97 Å². The van der Waals surface area contributed by atoms with Crippen LogP contribution < -0.4 is 0 Å². The zero-order valence-electron chi connectivity index (χ0n) is 22.6. The van der Waals surface area contributed by atoms with E-state index in [0.29, 0.717) is 11.8 Å². The molecule has 186 valence electrons. The average molecular weight is 465 g/mol. The summed E-state index contributed by atoms with van der Waals surface area (Å²) in [5, 5.41) is 0. The van der Waals surface area contributed by atoms with E-state index >= 15 is 0 Å². The van der Waals surface area contributed by atoms with Gasteiger partial charge in [0.2, 0.25) is 0 Å². The fourth-order valence-electron chi connectivity index (χ4n) is 9.42. The standard InChI is InChI=1S/C31H44O3/c1-26(2)22-11-14-31(7)23(29(22,5)13-12-24(26)32)10-9-20-21-19-28(4,25(33)34-8)16-15-27(21,3)17-18-30(20,31)6/h9-10,12-13,21-22H,11,14-19H2,1-8H3/t21-,22-,27+,28-,29-,30+,31+/m0/s1. The van der Waals surface area contributed by atoms with Gasteiger partial charge in [-0.3, -0.25) is 9.59 Å². The minimum Gasteiger partial charge on any atom is -0.469 e. The van der Waals surface area contributed by atoms with Gasteiger partial charge in [0, 0.05) is 10.8 Å². The first kappa shape index (κ1) is 24.1. The van der Waals surface area contributed by atoms with Crippen molar-refractivity contribution >= 4 is 11.8 Å². The Morgan fingerprint density at radius 1 is 0.912 bits per heavy atom. The molecule has 5 aliphatic rings. The highest BCUT2D eigenvalue weighted by molar-refractivity contribution is 5.96. The molecule has 0 spiro atoms. The highest BCUT2D eigenvalue weighted by atomic mass is 16.5. The minimum atomic E-state index is -0.400. The third-order valence-electron chi connectivity index (χ3n) is 12.2. The van der Waals surface area contributed by atoms with E-state index in [0.717, 1.165) is 32.1 Å². The summed E-state index contributed by atoms with van der Waals surface area (Å²) in [6, 6.07) is 0. The molecule has 0 amide bonds. The Balaban J connectivity index is 1.64. The van der Waals surface area contributed by atoms with Crippen LogP contribution in [0.2, 0.25) is 0 Å². The number of allylic oxidation sites excluding steroid dienone is 6. The first-order valence-electron chi connectivity index (χ1n) is 13.4. The van der Waals surface area contributed by atoms with Crippen LogP contribution in [0.5, 0.6) is 0 Å². The Kier molecular flexibility index (Phi) is 4.94. The van der Waals surface area contributed by atoms with Gasteiger partial charge in [0.25, 0.3) is 0 Å². The Labute approximate surface area is 206 Å². The number of methoxy groups -OCH3 is 1. The van der Waals surface area contributed by atoms with Gasteiger partial charge in [-0.1, -0.05) is 70.9 Å². The van der Waals surface area contributed by atoms with Gasteiger partial charge in [0.05, 0.1) is 12.5 Å². The molecule has 3 fully saturated rings. The lowest BCUT2D eigenvalue weighted by molar-refractivity contribution is -0.158. The number of carbonyl (C=O) groups is 2. The molecule has 3 saturated carbocycles. The van der Waals surface area contributed by atoms with E-state index in [-0.39, 0.29) is 38.8 Å². The number of esters is 1. The van der Waals surface area contributed by atoms with Crippen LogP contribution in [0.3, 0.4) is 0 Å². The summed E-state index contributed by atoms with van der Waals surface area (Å²) in [7, 11) is 1.53. The van der Waals surface area contributed by atoms with E-state index < -0.39 is 5.41 Å². The van der Waals surface area contributed by atoms with E-state index in [1.54, 1.807) is 5.57 Å². The Bertz CT molecular complexity index is 1040. The van der Waals surface area contributed by atoms with Gasteiger partial charge in [-0.25, -0.2) is 0 Å². The van der Waals surface area contributed by atoms with Crippen LogP contribution in [0.4, 0.5) is 0 Å². The molecule has 3 nitrogen and oxygen atoms in total. The molecule has 0 aromatic rings. The number of hydrogen-bond donors (Lipinski definition) is 0. The van der Waals surface area contributed by atoms with E-state index in [9.17, 15) is 9.59 Å². The summed E-state index contributed by atoms with van der Waals surface area (Å²) < 4.78 is 5.27. The summed E-state index contributed by atoms with van der Waals surface area (Å²) in [6.45, 7) is 16.3. The van der Waals surface area contributed by atoms with E-state index in [1.165, 1.54) is 25.5 Å². The highest BCUT2D eigenvalue weighted by Gasteiger charge is 2.65. The highest BCUT2D eigenvalue weighted by Crippen LogP contribution is 2.73. The fourth-order valence-corrected chi connectivity index (χ4v) is 9.42. The maximum absolute atomic E-state index is 12.8. The van der Waals surface area contributed by atoms with Crippen molar-refractivity contribution in [1.82, 2.24) is 0 Å². The number of ether oxygens (including phenoxy) is 1. The zero-order valence-corrected chi connectivity index (χ0v) is 22.6. The van der Waals surface area contributed by atoms with Crippen molar-refractivity contribution in [1.29, 1.82) is 0 Å². The van der Waals surface area contributed by atoms with Crippen molar-refractivity contribution in [2.45, 2.75) is 93.4 Å². The Morgan fingerprint density at radius 3 is 2.26 bits per heavy atom. The fraction of sp³-hybridized carbons (Fsp3) is 0.742. The maximum atomic E-state index is 12.8. The van der Waals surface area contributed by atoms with Crippen molar-refractivity contribution in [3.8, 4) is 0 Å². The largest absolute Gasteiger partial charge is 0.469 e. The van der Waals surface area contributed by atoms with E-state index in [2.05, 4.69) is 66.7 Å². The third-order valence-corrected chi connectivity index (χ3v) is 12.2. The molecule has 0 radical (unpaired) electrons. The second kappa shape index (κ2) is 6.98. The normalized spacial score (nSPS) is 49.0. The first-order valence-corrected chi connectivity index (χ1v) is 13.4. The van der Waals surface area contributed by atoms with E-state index in [1.807, 2.05) is 6.08 Å². The predicted molar refractivity (Wildman–Crippen MR) is 136 cm³/mol. The van der Waals surface area contributed by atoms with Crippen LogP contribution in [-0.2, 0) is 14.3 Å². The molecule has 0 N–H and O–H groups in total. The number of rotatable bonds is 1. The molecule has 5 aliphatic carbocycles. The SMILES string of the molecule is COC(=O)[C@@]1(C)CC[C@]2(C)CC[C@]3(C)C(=CC=C4[C@@]5(C)C=CC(=O)C(C)(C)[C@@H]5CC[C@]43C)[C@@H]2C1. The lowest BCUT2D eigenvalue weighted by Gasteiger charge is -2.67. The quantitative estimate of drug-likeness (QED) is 0.385. The van der Waals surface area contributed by atoms with Crippen LogP contribution in [0.15, 0.2) is 35.5 Å².